The molecule has 98 valence electrons. The molecule has 0 atom stereocenters. The fourth-order valence-electron chi connectivity index (χ4n) is 1.54. The molecule has 0 saturated heterocycles. The van der Waals surface area contributed by atoms with Gasteiger partial charge in [-0.25, -0.2) is 8.78 Å². The number of hydrogen-bond acceptors (Lipinski definition) is 2. The van der Waals surface area contributed by atoms with E-state index in [4.69, 9.17) is 0 Å². The van der Waals surface area contributed by atoms with Crippen molar-refractivity contribution in [2.75, 3.05) is 12.4 Å². The molecule has 0 spiro atoms. The number of ether oxygens (including phenoxy) is 1. The van der Waals surface area contributed by atoms with Gasteiger partial charge in [-0.2, -0.15) is 4.39 Å². The molecule has 2 rings (SSSR count). The molecule has 1 N–H and O–H groups in total. The number of carbonyl (C=O) groups excluding carboxylic acids is 1. The van der Waals surface area contributed by atoms with Crippen LogP contribution in [0.25, 0.3) is 0 Å². The van der Waals surface area contributed by atoms with Crippen molar-refractivity contribution in [3.8, 4) is 5.75 Å². The Morgan fingerprint density at radius 3 is 2.44 bits per heavy atom. The average Bonchev–Trinajstić information content (AvgIpc) is 3.06. The summed E-state index contributed by atoms with van der Waals surface area (Å²) >= 11 is 0. The van der Waals surface area contributed by atoms with Gasteiger partial charge in [0.15, 0.2) is 17.4 Å². The van der Waals surface area contributed by atoms with E-state index in [-0.39, 0.29) is 0 Å². The lowest BCUT2D eigenvalue weighted by atomic mass is 10.1. The van der Waals surface area contributed by atoms with Gasteiger partial charge in [0.1, 0.15) is 0 Å². The molecule has 3 nitrogen and oxygen atoms in total. The molecule has 18 heavy (non-hydrogen) atoms. The van der Waals surface area contributed by atoms with Gasteiger partial charge in [0.25, 0.3) is 0 Å². The highest BCUT2D eigenvalue weighted by Gasteiger charge is 2.45. The minimum atomic E-state index is -1.45. The Labute approximate surface area is 102 Å². The van der Waals surface area contributed by atoms with Crippen LogP contribution in [0.4, 0.5) is 18.9 Å². The Bertz CT molecular complexity index is 513. The summed E-state index contributed by atoms with van der Waals surface area (Å²) in [4.78, 5) is 11.7. The van der Waals surface area contributed by atoms with E-state index in [0.717, 1.165) is 7.11 Å². The van der Waals surface area contributed by atoms with Crippen molar-refractivity contribution < 1.29 is 22.7 Å². The standard InChI is InChI=1S/C12H12F3NO2/c1-12(3-4-12)11(17)16-7-5-6(13)10(18-2)9(15)8(7)14/h5H,3-4H2,1-2H3,(H,16,17). The van der Waals surface area contributed by atoms with Crippen molar-refractivity contribution in [2.24, 2.45) is 5.41 Å². The zero-order valence-electron chi connectivity index (χ0n) is 9.94. The highest BCUT2D eigenvalue weighted by Crippen LogP contribution is 2.46. The molecule has 0 aromatic heterocycles. The molecule has 0 aliphatic heterocycles. The molecule has 0 radical (unpaired) electrons. The summed E-state index contributed by atoms with van der Waals surface area (Å²) in [6, 6.07) is 0.709. The molecule has 0 heterocycles. The van der Waals surface area contributed by atoms with Crippen molar-refractivity contribution in [1.29, 1.82) is 0 Å². The third-order valence-corrected chi connectivity index (χ3v) is 3.12. The third kappa shape index (κ3) is 2.02. The fourth-order valence-corrected chi connectivity index (χ4v) is 1.54. The van der Waals surface area contributed by atoms with Crippen LogP contribution in [-0.4, -0.2) is 13.0 Å². The van der Waals surface area contributed by atoms with E-state index >= 15 is 0 Å². The highest BCUT2D eigenvalue weighted by molar-refractivity contribution is 5.97. The van der Waals surface area contributed by atoms with Gasteiger partial charge in [-0.15, -0.1) is 0 Å². The van der Waals surface area contributed by atoms with Gasteiger partial charge in [-0.3, -0.25) is 4.79 Å². The van der Waals surface area contributed by atoms with E-state index in [0.29, 0.717) is 18.9 Å². The first-order chi connectivity index (χ1) is 8.39. The number of amides is 1. The molecule has 6 heteroatoms. The van der Waals surface area contributed by atoms with Crippen LogP contribution in [0, 0.1) is 22.9 Å². The number of nitrogens with one attached hydrogen (secondary N) is 1. The van der Waals surface area contributed by atoms with Crippen LogP contribution in [0.2, 0.25) is 0 Å². The Morgan fingerprint density at radius 1 is 1.33 bits per heavy atom. The van der Waals surface area contributed by atoms with Gasteiger partial charge in [0.2, 0.25) is 11.7 Å². The van der Waals surface area contributed by atoms with E-state index in [1.165, 1.54) is 0 Å². The number of hydrogen-bond donors (Lipinski definition) is 1. The second-order valence-electron chi connectivity index (χ2n) is 4.58. The molecule has 1 amide bonds. The van der Waals surface area contributed by atoms with E-state index in [1.54, 1.807) is 6.92 Å². The van der Waals surface area contributed by atoms with Gasteiger partial charge in [-0.1, -0.05) is 6.92 Å². The van der Waals surface area contributed by atoms with Gasteiger partial charge >= 0.3 is 0 Å². The van der Waals surface area contributed by atoms with Crippen LogP contribution in [0.3, 0.4) is 0 Å². The van der Waals surface area contributed by atoms with Gasteiger partial charge < -0.3 is 10.1 Å². The molecule has 0 bridgehead atoms. The molecule has 1 fully saturated rings. The maximum absolute atomic E-state index is 13.6. The van der Waals surface area contributed by atoms with Crippen LogP contribution in [0.1, 0.15) is 19.8 Å². The molecule has 1 aromatic rings. The Balaban J connectivity index is 2.31. The molecule has 0 unspecified atom stereocenters. The van der Waals surface area contributed by atoms with Crippen LogP contribution in [0.15, 0.2) is 6.07 Å². The molecular formula is C12H12F3NO2. The lowest BCUT2D eigenvalue weighted by molar-refractivity contribution is -0.120. The molecule has 1 aromatic carbocycles. The zero-order valence-corrected chi connectivity index (χ0v) is 9.94. The normalized spacial score (nSPS) is 16.3. The van der Waals surface area contributed by atoms with Crippen molar-refractivity contribution in [3.05, 3.63) is 23.5 Å². The summed E-state index contributed by atoms with van der Waals surface area (Å²) in [6.45, 7) is 1.70. The number of carbonyl (C=O) groups is 1. The van der Waals surface area contributed by atoms with Gasteiger partial charge in [0.05, 0.1) is 12.8 Å². The summed E-state index contributed by atoms with van der Waals surface area (Å²) in [7, 11) is 1.03. The number of halogens is 3. The predicted octanol–water partition coefficient (Wildman–Crippen LogP) is 2.85. The minimum Gasteiger partial charge on any atom is -0.491 e. The lowest BCUT2D eigenvalue weighted by Gasteiger charge is -2.12. The first kappa shape index (κ1) is 12.7. The van der Waals surface area contributed by atoms with Crippen LogP contribution in [-0.2, 0) is 4.79 Å². The monoisotopic (exact) mass is 259 g/mol. The summed E-state index contributed by atoms with van der Waals surface area (Å²) < 4.78 is 44.7. The van der Waals surface area contributed by atoms with Crippen molar-refractivity contribution in [2.45, 2.75) is 19.8 Å². The second kappa shape index (κ2) is 4.19. The average molecular weight is 259 g/mol. The molecule has 1 saturated carbocycles. The molecular weight excluding hydrogens is 247 g/mol. The van der Waals surface area contributed by atoms with Crippen LogP contribution < -0.4 is 10.1 Å². The van der Waals surface area contributed by atoms with Crippen molar-refractivity contribution >= 4 is 11.6 Å². The highest BCUT2D eigenvalue weighted by atomic mass is 19.2. The maximum atomic E-state index is 13.6. The van der Waals surface area contributed by atoms with Crippen LogP contribution in [0.5, 0.6) is 5.75 Å². The largest absolute Gasteiger partial charge is 0.491 e. The van der Waals surface area contributed by atoms with E-state index in [9.17, 15) is 18.0 Å². The van der Waals surface area contributed by atoms with Gasteiger partial charge in [0, 0.05) is 11.5 Å². The summed E-state index contributed by atoms with van der Waals surface area (Å²) in [5.41, 5.74) is -1.07. The van der Waals surface area contributed by atoms with Crippen LogP contribution >= 0.6 is 0 Å². The van der Waals surface area contributed by atoms with Crippen molar-refractivity contribution in [1.82, 2.24) is 0 Å². The van der Waals surface area contributed by atoms with Crippen molar-refractivity contribution in [3.63, 3.8) is 0 Å². The first-order valence-electron chi connectivity index (χ1n) is 5.42. The third-order valence-electron chi connectivity index (χ3n) is 3.12. The zero-order chi connectivity index (χ0) is 13.5. The number of rotatable bonds is 3. The van der Waals surface area contributed by atoms with E-state index < -0.39 is 40.2 Å². The Hall–Kier alpha value is -1.72. The second-order valence-corrected chi connectivity index (χ2v) is 4.58. The van der Waals surface area contributed by atoms with E-state index in [2.05, 4.69) is 10.1 Å². The first-order valence-corrected chi connectivity index (χ1v) is 5.42. The smallest absolute Gasteiger partial charge is 0.230 e. The van der Waals surface area contributed by atoms with Gasteiger partial charge in [-0.05, 0) is 12.8 Å². The molecule has 1 aliphatic carbocycles. The minimum absolute atomic E-state index is 0.439. The number of benzene rings is 1. The number of anilines is 1. The Kier molecular flexibility index (Phi) is 2.96. The van der Waals surface area contributed by atoms with E-state index in [1.807, 2.05) is 0 Å². The quantitative estimate of drug-likeness (QED) is 0.848. The topological polar surface area (TPSA) is 38.3 Å². The Morgan fingerprint density at radius 2 is 1.94 bits per heavy atom. The summed E-state index contributed by atoms with van der Waals surface area (Å²) in [5, 5.41) is 2.20. The predicted molar refractivity (Wildman–Crippen MR) is 58.8 cm³/mol. The number of methoxy groups -OCH3 is 1. The summed E-state index contributed by atoms with van der Waals surface area (Å²) in [6.07, 6.45) is 1.36. The fraction of sp³-hybridized carbons (Fsp3) is 0.417. The summed E-state index contributed by atoms with van der Waals surface area (Å²) in [5.74, 6) is -5.08. The maximum Gasteiger partial charge on any atom is 0.230 e. The molecule has 1 aliphatic rings. The lowest BCUT2D eigenvalue weighted by Crippen LogP contribution is -2.22. The SMILES string of the molecule is COc1c(F)cc(NC(=O)C2(C)CC2)c(F)c1F.